The van der Waals surface area contributed by atoms with Gasteiger partial charge in [0.1, 0.15) is 5.75 Å². The van der Waals surface area contributed by atoms with Crippen molar-refractivity contribution in [3.05, 3.63) is 29.8 Å². The predicted octanol–water partition coefficient (Wildman–Crippen LogP) is 3.43. The lowest BCUT2D eigenvalue weighted by Gasteiger charge is -2.24. The van der Waals surface area contributed by atoms with Gasteiger partial charge in [0.05, 0.1) is 13.2 Å². The van der Waals surface area contributed by atoms with Crippen molar-refractivity contribution in [3.63, 3.8) is 0 Å². The molecule has 0 radical (unpaired) electrons. The van der Waals surface area contributed by atoms with E-state index in [9.17, 15) is 0 Å². The van der Waals surface area contributed by atoms with Crippen LogP contribution < -0.4 is 15.4 Å². The highest BCUT2D eigenvalue weighted by atomic mass is 32.2. The molecule has 1 unspecified atom stereocenters. The van der Waals surface area contributed by atoms with Crippen molar-refractivity contribution in [3.8, 4) is 5.75 Å². The van der Waals surface area contributed by atoms with Gasteiger partial charge in [-0.05, 0) is 57.1 Å². The molecule has 1 fully saturated rings. The molecule has 4 nitrogen and oxygen atoms in total. The Morgan fingerprint density at radius 1 is 1.35 bits per heavy atom. The zero-order valence-corrected chi connectivity index (χ0v) is 15.3. The van der Waals surface area contributed by atoms with Gasteiger partial charge >= 0.3 is 0 Å². The number of guanidine groups is 1. The summed E-state index contributed by atoms with van der Waals surface area (Å²) in [5.74, 6) is 3.08. The van der Waals surface area contributed by atoms with Crippen molar-refractivity contribution in [1.82, 2.24) is 10.6 Å². The highest BCUT2D eigenvalue weighted by Gasteiger charge is 2.29. The molecule has 1 aliphatic heterocycles. The van der Waals surface area contributed by atoms with Crippen molar-refractivity contribution in [2.75, 3.05) is 25.4 Å². The highest BCUT2D eigenvalue weighted by molar-refractivity contribution is 8.00. The lowest BCUT2D eigenvalue weighted by molar-refractivity contribution is 0.340. The standard InChI is InChI=1S/C18H29N3OS/c1-4-19-17(21-14-18(3)10-7-11-23-18)20-13-15-8-6-9-16(12-15)22-5-2/h6,8-9,12H,4-5,7,10-11,13-14H2,1-3H3,(H2,19,20,21). The smallest absolute Gasteiger partial charge is 0.191 e. The molecule has 2 N–H and O–H groups in total. The van der Waals surface area contributed by atoms with Gasteiger partial charge in [-0.1, -0.05) is 12.1 Å². The Hall–Kier alpha value is -1.36. The van der Waals surface area contributed by atoms with Crippen molar-refractivity contribution in [2.45, 2.75) is 44.9 Å². The molecule has 0 saturated carbocycles. The summed E-state index contributed by atoms with van der Waals surface area (Å²) in [6.45, 7) is 9.61. The normalized spacial score (nSPS) is 21.3. The van der Waals surface area contributed by atoms with Crippen LogP contribution in [0, 0.1) is 0 Å². The van der Waals surface area contributed by atoms with Gasteiger partial charge in [-0.2, -0.15) is 11.8 Å². The van der Waals surface area contributed by atoms with Crippen LogP contribution in [0.2, 0.25) is 0 Å². The summed E-state index contributed by atoms with van der Waals surface area (Å²) in [4.78, 5) is 4.71. The Kier molecular flexibility index (Phi) is 7.09. The molecule has 1 heterocycles. The number of ether oxygens (including phenoxy) is 1. The van der Waals surface area contributed by atoms with E-state index in [1.165, 1.54) is 18.6 Å². The van der Waals surface area contributed by atoms with Gasteiger partial charge in [0.2, 0.25) is 0 Å². The Balaban J connectivity index is 1.93. The molecular weight excluding hydrogens is 306 g/mol. The zero-order chi connectivity index (χ0) is 16.5. The molecule has 0 aliphatic carbocycles. The highest BCUT2D eigenvalue weighted by Crippen LogP contribution is 2.36. The fraction of sp³-hybridized carbons (Fsp3) is 0.611. The summed E-state index contributed by atoms with van der Waals surface area (Å²) >= 11 is 2.06. The van der Waals surface area contributed by atoms with Gasteiger partial charge in [0.25, 0.3) is 0 Å². The first-order chi connectivity index (χ1) is 11.1. The minimum Gasteiger partial charge on any atom is -0.494 e. The fourth-order valence-corrected chi connectivity index (χ4v) is 3.90. The molecule has 2 rings (SSSR count). The Bertz CT molecular complexity index is 513. The molecule has 128 valence electrons. The first kappa shape index (κ1) is 18.0. The minimum atomic E-state index is 0.338. The van der Waals surface area contributed by atoms with Crippen LogP contribution in [0.5, 0.6) is 5.75 Å². The summed E-state index contributed by atoms with van der Waals surface area (Å²) in [5.41, 5.74) is 1.16. The summed E-state index contributed by atoms with van der Waals surface area (Å²) in [6.07, 6.45) is 2.60. The molecule has 1 aromatic carbocycles. The molecule has 1 atom stereocenters. The van der Waals surface area contributed by atoms with Gasteiger partial charge in [-0.25, -0.2) is 4.99 Å². The van der Waals surface area contributed by atoms with E-state index in [2.05, 4.69) is 48.4 Å². The van der Waals surface area contributed by atoms with Crippen LogP contribution >= 0.6 is 11.8 Å². The van der Waals surface area contributed by atoms with Crippen LogP contribution in [0.1, 0.15) is 39.2 Å². The first-order valence-corrected chi connectivity index (χ1v) is 9.51. The van der Waals surface area contributed by atoms with Crippen molar-refractivity contribution < 1.29 is 4.74 Å². The van der Waals surface area contributed by atoms with E-state index in [1.54, 1.807) is 0 Å². The lowest BCUT2D eigenvalue weighted by Crippen LogP contribution is -2.43. The molecule has 23 heavy (non-hydrogen) atoms. The van der Waals surface area contributed by atoms with E-state index in [4.69, 9.17) is 9.73 Å². The van der Waals surface area contributed by atoms with Crippen LogP contribution in [0.15, 0.2) is 29.3 Å². The molecule has 0 amide bonds. The number of rotatable bonds is 7. The SMILES string of the molecule is CCNC(=NCc1cccc(OCC)c1)NCC1(C)CCCS1. The van der Waals surface area contributed by atoms with Crippen molar-refractivity contribution >= 4 is 17.7 Å². The second-order valence-electron chi connectivity index (χ2n) is 6.03. The van der Waals surface area contributed by atoms with Crippen molar-refractivity contribution in [2.24, 2.45) is 4.99 Å². The maximum Gasteiger partial charge on any atom is 0.191 e. The van der Waals surface area contributed by atoms with Gasteiger partial charge in [0.15, 0.2) is 5.96 Å². The summed E-state index contributed by atoms with van der Waals surface area (Å²) in [7, 11) is 0. The summed E-state index contributed by atoms with van der Waals surface area (Å²) < 4.78 is 5.88. The number of hydrogen-bond donors (Lipinski definition) is 2. The quantitative estimate of drug-likeness (QED) is 0.592. The molecule has 0 aromatic heterocycles. The van der Waals surface area contributed by atoms with E-state index >= 15 is 0 Å². The largest absolute Gasteiger partial charge is 0.494 e. The zero-order valence-electron chi connectivity index (χ0n) is 14.5. The number of nitrogens with zero attached hydrogens (tertiary/aromatic N) is 1. The topological polar surface area (TPSA) is 45.7 Å². The lowest BCUT2D eigenvalue weighted by atomic mass is 10.1. The van der Waals surface area contributed by atoms with E-state index in [0.29, 0.717) is 17.9 Å². The number of benzene rings is 1. The first-order valence-electron chi connectivity index (χ1n) is 8.53. The number of hydrogen-bond acceptors (Lipinski definition) is 3. The monoisotopic (exact) mass is 335 g/mol. The Labute approximate surface area is 144 Å². The molecule has 1 aromatic rings. The Morgan fingerprint density at radius 2 is 2.22 bits per heavy atom. The predicted molar refractivity (Wildman–Crippen MR) is 101 cm³/mol. The van der Waals surface area contributed by atoms with E-state index < -0.39 is 0 Å². The molecule has 0 bridgehead atoms. The molecule has 0 spiro atoms. The average molecular weight is 336 g/mol. The third-order valence-electron chi connectivity index (χ3n) is 3.90. The number of aliphatic imine (C=N–C) groups is 1. The number of nitrogens with one attached hydrogen (secondary N) is 2. The second kappa shape index (κ2) is 9.06. The van der Waals surface area contributed by atoms with Gasteiger partial charge < -0.3 is 15.4 Å². The summed E-state index contributed by atoms with van der Waals surface area (Å²) in [5, 5.41) is 6.83. The summed E-state index contributed by atoms with van der Waals surface area (Å²) in [6, 6.07) is 8.15. The van der Waals surface area contributed by atoms with E-state index in [-0.39, 0.29) is 0 Å². The van der Waals surface area contributed by atoms with Crippen LogP contribution in [-0.2, 0) is 6.54 Å². The van der Waals surface area contributed by atoms with E-state index in [0.717, 1.165) is 30.4 Å². The molecular formula is C18H29N3OS. The van der Waals surface area contributed by atoms with E-state index in [1.807, 2.05) is 19.1 Å². The van der Waals surface area contributed by atoms with Gasteiger partial charge in [-0.3, -0.25) is 0 Å². The molecule has 1 saturated heterocycles. The van der Waals surface area contributed by atoms with Crippen LogP contribution in [0.25, 0.3) is 0 Å². The van der Waals surface area contributed by atoms with Gasteiger partial charge in [-0.15, -0.1) is 0 Å². The second-order valence-corrected chi connectivity index (χ2v) is 7.71. The fourth-order valence-electron chi connectivity index (χ4n) is 2.66. The van der Waals surface area contributed by atoms with Crippen LogP contribution in [0.4, 0.5) is 0 Å². The van der Waals surface area contributed by atoms with Crippen LogP contribution in [0.3, 0.4) is 0 Å². The maximum atomic E-state index is 5.55. The Morgan fingerprint density at radius 3 is 2.91 bits per heavy atom. The minimum absolute atomic E-state index is 0.338. The maximum absolute atomic E-state index is 5.55. The van der Waals surface area contributed by atoms with Gasteiger partial charge in [0, 0.05) is 17.8 Å². The average Bonchev–Trinajstić information content (AvgIpc) is 2.98. The van der Waals surface area contributed by atoms with Crippen LogP contribution in [-0.4, -0.2) is 36.2 Å². The third-order valence-corrected chi connectivity index (χ3v) is 5.44. The molecule has 1 aliphatic rings. The van der Waals surface area contributed by atoms with Crippen molar-refractivity contribution in [1.29, 1.82) is 0 Å². The molecule has 5 heteroatoms. The third kappa shape index (κ3) is 5.98. The number of thioether (sulfide) groups is 1.